The predicted molar refractivity (Wildman–Crippen MR) is 125 cm³/mol. The van der Waals surface area contributed by atoms with Gasteiger partial charge in [-0.2, -0.15) is 10.1 Å². The lowest BCUT2D eigenvalue weighted by Crippen LogP contribution is -2.48. The van der Waals surface area contributed by atoms with Gasteiger partial charge in [-0.3, -0.25) is 0 Å². The van der Waals surface area contributed by atoms with Gasteiger partial charge in [0.1, 0.15) is 5.82 Å². The third-order valence-corrected chi connectivity index (χ3v) is 7.85. The van der Waals surface area contributed by atoms with Crippen LogP contribution in [0.15, 0.2) is 24.4 Å². The van der Waals surface area contributed by atoms with Gasteiger partial charge in [-0.15, -0.1) is 10.2 Å². The molecule has 1 aromatic carbocycles. The van der Waals surface area contributed by atoms with Crippen LogP contribution in [0.2, 0.25) is 5.15 Å². The maximum Gasteiger partial charge on any atom is 0.242 e. The van der Waals surface area contributed by atoms with Gasteiger partial charge in [0, 0.05) is 43.2 Å². The number of hydrogen-bond donors (Lipinski definition) is 1. The summed E-state index contributed by atoms with van der Waals surface area (Å²) in [6.45, 7) is 2.39. The third-order valence-electron chi connectivity index (χ3n) is 7.67. The van der Waals surface area contributed by atoms with Crippen molar-refractivity contribution in [2.24, 2.45) is 11.8 Å². The van der Waals surface area contributed by atoms with E-state index in [0.717, 1.165) is 50.5 Å². The molecule has 0 spiro atoms. The standard InChI is InChI=1S/C24H25ClF3N7/c25-19-9-15(10-29-32-19)34-11-13-4-5-14(12-34)22(13)30-24-31-23-17(3-1-2-8-35(23)33-24)16-6-7-18(26)21(28)20(16)27/h6-7,9-10,13-14,17,22H,1-5,8,11-12H2,(H,30,33)/t13-,14?,17+,22-/m0/s1. The van der Waals surface area contributed by atoms with Gasteiger partial charge in [-0.1, -0.05) is 24.1 Å². The lowest BCUT2D eigenvalue weighted by molar-refractivity contribution is 0.376. The summed E-state index contributed by atoms with van der Waals surface area (Å²) < 4.78 is 44.0. The molecule has 3 aliphatic rings. The first-order valence-electron chi connectivity index (χ1n) is 12.1. The van der Waals surface area contributed by atoms with Crippen LogP contribution in [-0.2, 0) is 6.54 Å². The molecule has 4 heterocycles. The van der Waals surface area contributed by atoms with Crippen LogP contribution < -0.4 is 10.2 Å². The van der Waals surface area contributed by atoms with E-state index in [-0.39, 0.29) is 11.6 Å². The zero-order valence-corrected chi connectivity index (χ0v) is 19.7. The number of anilines is 2. The van der Waals surface area contributed by atoms with Crippen LogP contribution in [0.4, 0.5) is 24.8 Å². The Hall–Kier alpha value is -2.88. The van der Waals surface area contributed by atoms with Crippen LogP contribution in [0, 0.1) is 29.3 Å². The fourth-order valence-corrected chi connectivity index (χ4v) is 6.16. The van der Waals surface area contributed by atoms with Gasteiger partial charge in [0.05, 0.1) is 11.9 Å². The summed E-state index contributed by atoms with van der Waals surface area (Å²) in [5.41, 5.74) is 1.10. The molecule has 2 fully saturated rings. The van der Waals surface area contributed by atoms with Crippen molar-refractivity contribution in [3.05, 3.63) is 58.4 Å². The van der Waals surface area contributed by atoms with Crippen molar-refractivity contribution in [3.63, 3.8) is 0 Å². The number of nitrogens with zero attached hydrogens (tertiary/aromatic N) is 6. The zero-order chi connectivity index (χ0) is 24.1. The molecule has 1 saturated carbocycles. The van der Waals surface area contributed by atoms with E-state index in [2.05, 4.69) is 20.4 Å². The molecular formula is C24H25ClF3N7. The summed E-state index contributed by atoms with van der Waals surface area (Å²) in [6.07, 6.45) is 6.23. The maximum absolute atomic E-state index is 14.7. The minimum atomic E-state index is -1.44. The average Bonchev–Trinajstić information content (AvgIpc) is 3.25. The SMILES string of the molecule is Fc1ccc([C@H]2CCCCn3nc(N[C@@H]4C5CC[C@H]4CN(c4cnnc(Cl)c4)C5)nc32)c(F)c1F. The number of benzene rings is 1. The van der Waals surface area contributed by atoms with E-state index in [9.17, 15) is 13.2 Å². The van der Waals surface area contributed by atoms with E-state index >= 15 is 0 Å². The van der Waals surface area contributed by atoms with Crippen molar-refractivity contribution in [3.8, 4) is 0 Å². The molecule has 2 bridgehead atoms. The van der Waals surface area contributed by atoms with Crippen LogP contribution in [0.25, 0.3) is 0 Å². The molecule has 1 unspecified atom stereocenters. The highest BCUT2D eigenvalue weighted by atomic mass is 35.5. The second kappa shape index (κ2) is 8.96. The molecule has 1 aliphatic carbocycles. The van der Waals surface area contributed by atoms with Crippen LogP contribution >= 0.6 is 11.6 Å². The number of aryl methyl sites for hydroxylation is 1. The number of piperidine rings is 1. The highest BCUT2D eigenvalue weighted by Crippen LogP contribution is 2.41. The molecule has 11 heteroatoms. The van der Waals surface area contributed by atoms with E-state index in [1.165, 1.54) is 6.07 Å². The first-order chi connectivity index (χ1) is 17.0. The molecule has 0 amide bonds. The van der Waals surface area contributed by atoms with Gasteiger partial charge in [-0.25, -0.2) is 17.9 Å². The molecule has 35 heavy (non-hydrogen) atoms. The Kier molecular flexibility index (Phi) is 5.78. The Morgan fingerprint density at radius 2 is 1.80 bits per heavy atom. The Labute approximate surface area is 205 Å². The summed E-state index contributed by atoms with van der Waals surface area (Å²) in [5.74, 6) is -2.32. The van der Waals surface area contributed by atoms with Gasteiger partial charge < -0.3 is 10.2 Å². The molecule has 1 N–H and O–H groups in total. The summed E-state index contributed by atoms with van der Waals surface area (Å²) >= 11 is 6.04. The molecule has 3 aromatic rings. The van der Waals surface area contributed by atoms with E-state index in [0.29, 0.717) is 41.7 Å². The smallest absolute Gasteiger partial charge is 0.242 e. The van der Waals surface area contributed by atoms with Crippen molar-refractivity contribution in [2.75, 3.05) is 23.3 Å². The Morgan fingerprint density at radius 3 is 2.57 bits per heavy atom. The first kappa shape index (κ1) is 22.6. The van der Waals surface area contributed by atoms with Gasteiger partial charge in [0.2, 0.25) is 5.95 Å². The molecule has 7 nitrogen and oxygen atoms in total. The molecule has 4 atom stereocenters. The van der Waals surface area contributed by atoms with Crippen LogP contribution in [0.3, 0.4) is 0 Å². The minimum absolute atomic E-state index is 0.129. The van der Waals surface area contributed by atoms with Crippen molar-refractivity contribution in [1.82, 2.24) is 25.0 Å². The van der Waals surface area contributed by atoms with Crippen LogP contribution in [0.1, 0.15) is 49.4 Å². The summed E-state index contributed by atoms with van der Waals surface area (Å²) in [4.78, 5) is 7.05. The lowest BCUT2D eigenvalue weighted by atomic mass is 9.92. The summed E-state index contributed by atoms with van der Waals surface area (Å²) in [7, 11) is 0. The number of hydrogen-bond acceptors (Lipinski definition) is 6. The Balaban J connectivity index is 1.24. The fraction of sp³-hybridized carbons (Fsp3) is 0.500. The van der Waals surface area contributed by atoms with Crippen molar-refractivity contribution < 1.29 is 13.2 Å². The second-order valence-corrected chi connectivity index (χ2v) is 10.1. The van der Waals surface area contributed by atoms with E-state index < -0.39 is 23.4 Å². The lowest BCUT2D eigenvalue weighted by Gasteiger charge is -2.39. The number of halogens is 4. The highest BCUT2D eigenvalue weighted by Gasteiger charge is 2.43. The van der Waals surface area contributed by atoms with Gasteiger partial charge >= 0.3 is 0 Å². The van der Waals surface area contributed by atoms with Gasteiger partial charge in [0.25, 0.3) is 0 Å². The van der Waals surface area contributed by atoms with E-state index in [4.69, 9.17) is 21.7 Å². The average molecular weight is 504 g/mol. The van der Waals surface area contributed by atoms with Crippen LogP contribution in [0.5, 0.6) is 0 Å². The quantitative estimate of drug-likeness (QED) is 0.517. The molecule has 2 aliphatic heterocycles. The normalized spacial score (nSPS) is 25.9. The second-order valence-electron chi connectivity index (χ2n) is 9.74. The molecular weight excluding hydrogens is 479 g/mol. The van der Waals surface area contributed by atoms with Gasteiger partial charge in [0.15, 0.2) is 22.6 Å². The topological polar surface area (TPSA) is 71.8 Å². The number of fused-ring (bicyclic) bond motifs is 3. The molecule has 1 saturated heterocycles. The monoisotopic (exact) mass is 503 g/mol. The fourth-order valence-electron chi connectivity index (χ4n) is 6.00. The summed E-state index contributed by atoms with van der Waals surface area (Å²) in [6, 6.07) is 4.37. The predicted octanol–water partition coefficient (Wildman–Crippen LogP) is 4.78. The molecule has 6 rings (SSSR count). The molecule has 184 valence electrons. The van der Waals surface area contributed by atoms with E-state index in [1.54, 1.807) is 10.9 Å². The molecule has 0 radical (unpaired) electrons. The van der Waals surface area contributed by atoms with Crippen molar-refractivity contribution >= 4 is 23.2 Å². The minimum Gasteiger partial charge on any atom is -0.369 e. The number of aromatic nitrogens is 5. The summed E-state index contributed by atoms with van der Waals surface area (Å²) in [5, 5.41) is 16.4. The Morgan fingerprint density at radius 1 is 1.00 bits per heavy atom. The zero-order valence-electron chi connectivity index (χ0n) is 19.0. The van der Waals surface area contributed by atoms with Crippen molar-refractivity contribution in [2.45, 2.75) is 50.6 Å². The molecule has 2 aromatic heterocycles. The van der Waals surface area contributed by atoms with E-state index in [1.807, 2.05) is 6.07 Å². The highest BCUT2D eigenvalue weighted by molar-refractivity contribution is 6.29. The number of nitrogens with one attached hydrogen (secondary N) is 1. The number of rotatable bonds is 4. The van der Waals surface area contributed by atoms with Gasteiger partial charge in [-0.05, 0) is 43.6 Å². The third kappa shape index (κ3) is 4.11. The largest absolute Gasteiger partial charge is 0.369 e. The Bertz CT molecular complexity index is 1240. The first-order valence-corrected chi connectivity index (χ1v) is 12.4. The van der Waals surface area contributed by atoms with Crippen molar-refractivity contribution in [1.29, 1.82) is 0 Å². The van der Waals surface area contributed by atoms with Crippen LogP contribution in [-0.4, -0.2) is 44.1 Å². The maximum atomic E-state index is 14.7.